The van der Waals surface area contributed by atoms with E-state index in [2.05, 4.69) is 37.2 Å². The molecule has 0 aromatic heterocycles. The first kappa shape index (κ1) is 14.6. The van der Waals surface area contributed by atoms with Crippen molar-refractivity contribution in [3.63, 3.8) is 0 Å². The molecule has 1 rings (SSSR count). The van der Waals surface area contributed by atoms with E-state index in [4.69, 9.17) is 0 Å². The van der Waals surface area contributed by atoms with Crippen molar-refractivity contribution in [2.75, 3.05) is 10.7 Å². The Balaban J connectivity index is 2.90. The van der Waals surface area contributed by atoms with Gasteiger partial charge in [-0.2, -0.15) is 0 Å². The first-order chi connectivity index (χ1) is 7.90. The Hall–Kier alpha value is -0.490. The third-order valence-electron chi connectivity index (χ3n) is 2.13. The number of carbonyl (C=O) groups excluding carboxylic acids is 1. The fourth-order valence-electron chi connectivity index (χ4n) is 1.13. The highest BCUT2D eigenvalue weighted by molar-refractivity contribution is 9.09. The Morgan fingerprint density at radius 2 is 1.71 bits per heavy atom. The highest BCUT2D eigenvalue weighted by atomic mass is 79.9. The molecule has 1 aromatic carbocycles. The second kappa shape index (κ2) is 5.91. The van der Waals surface area contributed by atoms with Crippen molar-refractivity contribution >= 4 is 37.8 Å². The van der Waals surface area contributed by atoms with Crippen molar-refractivity contribution in [1.82, 2.24) is 5.32 Å². The molecule has 0 atom stereocenters. The molecule has 17 heavy (non-hydrogen) atoms. The largest absolute Gasteiger partial charge is 0.345 e. The molecule has 0 aliphatic heterocycles. The second-order valence-electron chi connectivity index (χ2n) is 3.94. The number of halogens is 4. The van der Waals surface area contributed by atoms with Crippen molar-refractivity contribution in [2.45, 2.75) is 12.5 Å². The summed E-state index contributed by atoms with van der Waals surface area (Å²) in [6, 6.07) is 2.73. The van der Waals surface area contributed by atoms with Crippen LogP contribution in [-0.4, -0.2) is 22.1 Å². The van der Waals surface area contributed by atoms with E-state index in [1.807, 2.05) is 6.92 Å². The van der Waals surface area contributed by atoms with E-state index in [9.17, 15) is 13.6 Å². The van der Waals surface area contributed by atoms with Gasteiger partial charge in [0.1, 0.15) is 11.6 Å². The number of hydrogen-bond acceptors (Lipinski definition) is 1. The maximum absolute atomic E-state index is 12.9. The minimum atomic E-state index is -0.769. The summed E-state index contributed by atoms with van der Waals surface area (Å²) in [4.78, 5) is 11.8. The van der Waals surface area contributed by atoms with Crippen LogP contribution in [0.1, 0.15) is 17.3 Å². The van der Waals surface area contributed by atoms with Crippen LogP contribution in [0.15, 0.2) is 18.2 Å². The smallest absolute Gasteiger partial charge is 0.251 e. The maximum atomic E-state index is 12.9. The van der Waals surface area contributed by atoms with Crippen LogP contribution in [0.5, 0.6) is 0 Å². The molecule has 0 heterocycles. The lowest BCUT2D eigenvalue weighted by Crippen LogP contribution is -2.49. The van der Waals surface area contributed by atoms with Crippen LogP contribution < -0.4 is 5.32 Å². The number of amides is 1. The van der Waals surface area contributed by atoms with Crippen LogP contribution in [0.4, 0.5) is 8.78 Å². The van der Waals surface area contributed by atoms with Crippen LogP contribution in [0.3, 0.4) is 0 Å². The van der Waals surface area contributed by atoms with Crippen LogP contribution in [0.2, 0.25) is 0 Å². The molecule has 0 aliphatic rings. The van der Waals surface area contributed by atoms with Crippen molar-refractivity contribution in [1.29, 1.82) is 0 Å². The summed E-state index contributed by atoms with van der Waals surface area (Å²) < 4.78 is 25.9. The molecule has 0 bridgehead atoms. The van der Waals surface area contributed by atoms with E-state index in [1.165, 1.54) is 0 Å². The average Bonchev–Trinajstić information content (AvgIpc) is 2.27. The Labute approximate surface area is 115 Å². The molecule has 1 N–H and O–H groups in total. The van der Waals surface area contributed by atoms with Crippen LogP contribution in [0.25, 0.3) is 0 Å². The third-order valence-corrected chi connectivity index (χ3v) is 4.61. The van der Waals surface area contributed by atoms with Crippen LogP contribution in [0, 0.1) is 11.6 Å². The fourth-order valence-corrected chi connectivity index (χ4v) is 2.34. The van der Waals surface area contributed by atoms with Gasteiger partial charge in [0.2, 0.25) is 0 Å². The molecule has 0 saturated heterocycles. The highest BCUT2D eigenvalue weighted by Crippen LogP contribution is 2.14. The first-order valence-electron chi connectivity index (χ1n) is 4.81. The zero-order chi connectivity index (χ0) is 13.1. The molecule has 1 amide bonds. The molecule has 0 spiro atoms. The van der Waals surface area contributed by atoms with Gasteiger partial charge in [0.15, 0.2) is 0 Å². The highest BCUT2D eigenvalue weighted by Gasteiger charge is 2.24. The molecule has 2 nitrogen and oxygen atoms in total. The summed E-state index contributed by atoms with van der Waals surface area (Å²) in [7, 11) is 0. The standard InChI is InChI=1S/C11H11Br2F2NO/c1-11(5-12,6-13)16-10(17)7-2-8(14)4-9(15)3-7/h2-4H,5-6H2,1H3,(H,16,17). The summed E-state index contributed by atoms with van der Waals surface area (Å²) in [5.74, 6) is -2.05. The number of carbonyl (C=O) groups is 1. The Morgan fingerprint density at radius 1 is 1.24 bits per heavy atom. The van der Waals surface area contributed by atoms with Gasteiger partial charge in [-0.3, -0.25) is 4.79 Å². The predicted octanol–water partition coefficient (Wildman–Crippen LogP) is 3.24. The zero-order valence-corrected chi connectivity index (χ0v) is 12.2. The summed E-state index contributed by atoms with van der Waals surface area (Å²) in [6.45, 7) is 1.81. The zero-order valence-electron chi connectivity index (χ0n) is 9.07. The number of nitrogens with one attached hydrogen (secondary N) is 1. The molecule has 1 aromatic rings. The van der Waals surface area contributed by atoms with Gasteiger partial charge in [0.05, 0.1) is 5.54 Å². The summed E-state index contributed by atoms with van der Waals surface area (Å²) >= 11 is 6.54. The molecule has 0 unspecified atom stereocenters. The number of alkyl halides is 2. The van der Waals surface area contributed by atoms with Gasteiger partial charge in [-0.1, -0.05) is 31.9 Å². The molecule has 0 saturated carbocycles. The molecule has 6 heteroatoms. The number of hydrogen-bond donors (Lipinski definition) is 1. The summed E-state index contributed by atoms with van der Waals surface area (Å²) in [5, 5.41) is 3.74. The van der Waals surface area contributed by atoms with Crippen LogP contribution >= 0.6 is 31.9 Å². The van der Waals surface area contributed by atoms with Gasteiger partial charge < -0.3 is 5.32 Å². The molecular weight excluding hydrogens is 360 g/mol. The average molecular weight is 371 g/mol. The van der Waals surface area contributed by atoms with E-state index >= 15 is 0 Å². The lowest BCUT2D eigenvalue weighted by molar-refractivity contribution is 0.0922. The number of rotatable bonds is 4. The van der Waals surface area contributed by atoms with Gasteiger partial charge in [0.25, 0.3) is 5.91 Å². The van der Waals surface area contributed by atoms with Crippen LogP contribution in [-0.2, 0) is 0 Å². The minimum Gasteiger partial charge on any atom is -0.345 e. The van der Waals surface area contributed by atoms with Gasteiger partial charge in [-0.25, -0.2) is 8.78 Å². The molecule has 0 fully saturated rings. The number of benzene rings is 1. The maximum Gasteiger partial charge on any atom is 0.251 e. The second-order valence-corrected chi connectivity index (χ2v) is 5.06. The van der Waals surface area contributed by atoms with Gasteiger partial charge in [0, 0.05) is 22.3 Å². The van der Waals surface area contributed by atoms with E-state index in [0.29, 0.717) is 10.7 Å². The van der Waals surface area contributed by atoms with Gasteiger partial charge in [-0.05, 0) is 19.1 Å². The lowest BCUT2D eigenvalue weighted by Gasteiger charge is -2.26. The first-order valence-corrected chi connectivity index (χ1v) is 7.05. The predicted molar refractivity (Wildman–Crippen MR) is 69.8 cm³/mol. The Morgan fingerprint density at radius 3 is 2.12 bits per heavy atom. The van der Waals surface area contributed by atoms with Crippen molar-refractivity contribution in [3.05, 3.63) is 35.4 Å². The van der Waals surface area contributed by atoms with E-state index < -0.39 is 23.1 Å². The topological polar surface area (TPSA) is 29.1 Å². The molecule has 0 aliphatic carbocycles. The van der Waals surface area contributed by atoms with Crippen molar-refractivity contribution < 1.29 is 13.6 Å². The fraction of sp³-hybridized carbons (Fsp3) is 0.364. The Kier molecular flexibility index (Phi) is 5.06. The Bertz CT molecular complexity index is 402. The van der Waals surface area contributed by atoms with E-state index in [-0.39, 0.29) is 5.56 Å². The van der Waals surface area contributed by atoms with E-state index in [0.717, 1.165) is 18.2 Å². The monoisotopic (exact) mass is 369 g/mol. The lowest BCUT2D eigenvalue weighted by atomic mass is 10.1. The van der Waals surface area contributed by atoms with Crippen molar-refractivity contribution in [3.8, 4) is 0 Å². The van der Waals surface area contributed by atoms with Crippen molar-refractivity contribution in [2.24, 2.45) is 0 Å². The minimum absolute atomic E-state index is 0.0318. The SMILES string of the molecule is CC(CBr)(CBr)NC(=O)c1cc(F)cc(F)c1. The van der Waals surface area contributed by atoms with E-state index in [1.54, 1.807) is 0 Å². The summed E-state index contributed by atoms with van der Waals surface area (Å²) in [6.07, 6.45) is 0. The molecular formula is C11H11Br2F2NO. The molecule has 94 valence electrons. The van der Waals surface area contributed by atoms with Gasteiger partial charge in [-0.15, -0.1) is 0 Å². The molecule has 0 radical (unpaired) electrons. The van der Waals surface area contributed by atoms with Gasteiger partial charge >= 0.3 is 0 Å². The quantitative estimate of drug-likeness (QED) is 0.810. The third kappa shape index (κ3) is 4.03. The normalized spacial score (nSPS) is 11.4. The summed E-state index contributed by atoms with van der Waals surface area (Å²) in [5.41, 5.74) is -0.546.